The van der Waals surface area contributed by atoms with Gasteiger partial charge >= 0.3 is 0 Å². The summed E-state index contributed by atoms with van der Waals surface area (Å²) in [5, 5.41) is 0.888. The SMILES string of the molecule is COc1ccc(N(C)c2ccc(CBr)cc2)cc1. The molecular formula is C15H16BrNO. The number of anilines is 2. The molecule has 2 aromatic rings. The fourth-order valence-corrected chi connectivity index (χ4v) is 2.14. The van der Waals surface area contributed by atoms with E-state index in [1.807, 2.05) is 12.1 Å². The van der Waals surface area contributed by atoms with Crippen LogP contribution in [0.1, 0.15) is 5.56 Å². The second-order valence-corrected chi connectivity index (χ2v) is 4.62. The molecule has 3 heteroatoms. The maximum absolute atomic E-state index is 5.16. The van der Waals surface area contributed by atoms with Crippen molar-refractivity contribution in [2.75, 3.05) is 19.1 Å². The molecule has 2 rings (SSSR count). The summed E-state index contributed by atoms with van der Waals surface area (Å²) in [6.45, 7) is 0. The molecule has 2 aromatic carbocycles. The summed E-state index contributed by atoms with van der Waals surface area (Å²) < 4.78 is 5.16. The van der Waals surface area contributed by atoms with Gasteiger partial charge in [-0.2, -0.15) is 0 Å². The van der Waals surface area contributed by atoms with Gasteiger partial charge in [0.1, 0.15) is 5.75 Å². The second-order valence-electron chi connectivity index (χ2n) is 4.06. The summed E-state index contributed by atoms with van der Waals surface area (Å²) in [5.41, 5.74) is 3.59. The maximum atomic E-state index is 5.16. The molecule has 0 aromatic heterocycles. The van der Waals surface area contributed by atoms with Crippen LogP contribution in [0.3, 0.4) is 0 Å². The average Bonchev–Trinajstić information content (AvgIpc) is 2.47. The number of hydrogen-bond acceptors (Lipinski definition) is 2. The van der Waals surface area contributed by atoms with Crippen LogP contribution in [0.4, 0.5) is 11.4 Å². The van der Waals surface area contributed by atoms with Gasteiger partial charge in [-0.3, -0.25) is 0 Å². The maximum Gasteiger partial charge on any atom is 0.119 e. The first-order valence-corrected chi connectivity index (χ1v) is 6.89. The Morgan fingerprint density at radius 1 is 0.944 bits per heavy atom. The quantitative estimate of drug-likeness (QED) is 0.778. The number of halogens is 1. The van der Waals surface area contributed by atoms with E-state index in [0.29, 0.717) is 0 Å². The van der Waals surface area contributed by atoms with Crippen LogP contribution >= 0.6 is 15.9 Å². The first kappa shape index (κ1) is 13.0. The summed E-state index contributed by atoms with van der Waals surface area (Å²) in [6.07, 6.45) is 0. The summed E-state index contributed by atoms with van der Waals surface area (Å²) in [4.78, 5) is 2.15. The van der Waals surface area contributed by atoms with E-state index in [0.717, 1.165) is 16.8 Å². The smallest absolute Gasteiger partial charge is 0.119 e. The van der Waals surface area contributed by atoms with Crippen LogP contribution < -0.4 is 9.64 Å². The Morgan fingerprint density at radius 3 is 1.89 bits per heavy atom. The molecule has 18 heavy (non-hydrogen) atoms. The number of methoxy groups -OCH3 is 1. The third-order valence-electron chi connectivity index (χ3n) is 2.94. The van der Waals surface area contributed by atoms with Gasteiger partial charge in [0.15, 0.2) is 0 Å². The molecule has 0 spiro atoms. The van der Waals surface area contributed by atoms with Crippen molar-refractivity contribution in [3.8, 4) is 5.75 Å². The Kier molecular flexibility index (Phi) is 4.26. The molecule has 0 fully saturated rings. The lowest BCUT2D eigenvalue weighted by atomic mass is 10.2. The number of ether oxygens (including phenoxy) is 1. The first-order valence-electron chi connectivity index (χ1n) is 5.77. The van der Waals surface area contributed by atoms with Crippen LogP contribution in [0.25, 0.3) is 0 Å². The number of hydrogen-bond donors (Lipinski definition) is 0. The molecule has 0 aliphatic carbocycles. The highest BCUT2D eigenvalue weighted by molar-refractivity contribution is 9.08. The summed E-state index contributed by atoms with van der Waals surface area (Å²) in [5.74, 6) is 0.877. The zero-order chi connectivity index (χ0) is 13.0. The third-order valence-corrected chi connectivity index (χ3v) is 3.59. The molecule has 0 aliphatic rings. The van der Waals surface area contributed by atoms with Crippen LogP contribution in [0.2, 0.25) is 0 Å². The molecule has 94 valence electrons. The molecule has 2 nitrogen and oxygen atoms in total. The van der Waals surface area contributed by atoms with Crippen LogP contribution in [0.15, 0.2) is 48.5 Å². The first-order chi connectivity index (χ1) is 8.74. The van der Waals surface area contributed by atoms with Crippen molar-refractivity contribution >= 4 is 27.3 Å². The average molecular weight is 306 g/mol. The minimum atomic E-state index is 0.877. The number of rotatable bonds is 4. The van der Waals surface area contributed by atoms with Gasteiger partial charge in [0.05, 0.1) is 7.11 Å². The molecule has 0 saturated heterocycles. The number of alkyl halides is 1. The highest BCUT2D eigenvalue weighted by atomic mass is 79.9. The van der Waals surface area contributed by atoms with E-state index in [2.05, 4.69) is 64.3 Å². The summed E-state index contributed by atoms with van der Waals surface area (Å²) in [6, 6.07) is 16.6. The van der Waals surface area contributed by atoms with Gasteiger partial charge in [-0.15, -0.1) is 0 Å². The van der Waals surface area contributed by atoms with Crippen LogP contribution in [-0.2, 0) is 5.33 Å². The van der Waals surface area contributed by atoms with E-state index in [1.54, 1.807) is 7.11 Å². The van der Waals surface area contributed by atoms with Crippen LogP contribution in [0.5, 0.6) is 5.75 Å². The van der Waals surface area contributed by atoms with Crippen LogP contribution in [-0.4, -0.2) is 14.2 Å². The lowest BCUT2D eigenvalue weighted by molar-refractivity contribution is 0.415. The topological polar surface area (TPSA) is 12.5 Å². The molecule has 0 N–H and O–H groups in total. The van der Waals surface area contributed by atoms with Crippen molar-refractivity contribution in [2.45, 2.75) is 5.33 Å². The predicted octanol–water partition coefficient (Wildman–Crippen LogP) is 4.36. The number of benzene rings is 2. The fraction of sp³-hybridized carbons (Fsp3) is 0.200. The Hall–Kier alpha value is -1.48. The lowest BCUT2D eigenvalue weighted by Gasteiger charge is -2.20. The molecule has 0 radical (unpaired) electrons. The van der Waals surface area contributed by atoms with Crippen molar-refractivity contribution in [1.82, 2.24) is 0 Å². The van der Waals surface area contributed by atoms with E-state index >= 15 is 0 Å². The highest BCUT2D eigenvalue weighted by Gasteiger charge is 2.03. The van der Waals surface area contributed by atoms with Crippen molar-refractivity contribution < 1.29 is 4.74 Å². The van der Waals surface area contributed by atoms with Gasteiger partial charge < -0.3 is 9.64 Å². The zero-order valence-corrected chi connectivity index (χ0v) is 12.1. The highest BCUT2D eigenvalue weighted by Crippen LogP contribution is 2.25. The van der Waals surface area contributed by atoms with Gasteiger partial charge in [0, 0.05) is 23.8 Å². The predicted molar refractivity (Wildman–Crippen MR) is 80.1 cm³/mol. The van der Waals surface area contributed by atoms with E-state index < -0.39 is 0 Å². The zero-order valence-electron chi connectivity index (χ0n) is 10.6. The van der Waals surface area contributed by atoms with E-state index in [4.69, 9.17) is 4.74 Å². The second kappa shape index (κ2) is 5.91. The summed E-state index contributed by atoms with van der Waals surface area (Å²) in [7, 11) is 3.74. The molecule has 0 saturated carbocycles. The molecule has 0 heterocycles. The van der Waals surface area contributed by atoms with Crippen molar-refractivity contribution in [3.63, 3.8) is 0 Å². The molecule has 0 bridgehead atoms. The molecule has 0 atom stereocenters. The fourth-order valence-electron chi connectivity index (χ4n) is 1.76. The largest absolute Gasteiger partial charge is 0.497 e. The van der Waals surface area contributed by atoms with Crippen molar-refractivity contribution in [3.05, 3.63) is 54.1 Å². The van der Waals surface area contributed by atoms with E-state index in [-0.39, 0.29) is 0 Å². The van der Waals surface area contributed by atoms with Gasteiger partial charge in [0.2, 0.25) is 0 Å². The Labute approximate surface area is 116 Å². The minimum absolute atomic E-state index is 0.877. The van der Waals surface area contributed by atoms with Gasteiger partial charge in [-0.05, 0) is 42.0 Å². The number of nitrogens with zero attached hydrogens (tertiary/aromatic N) is 1. The molecule has 0 amide bonds. The van der Waals surface area contributed by atoms with Gasteiger partial charge in [-0.25, -0.2) is 0 Å². The molecule has 0 unspecified atom stereocenters. The standard InChI is InChI=1S/C15H16BrNO/c1-17(13-5-3-12(11-16)4-6-13)14-7-9-15(18-2)10-8-14/h3-10H,11H2,1-2H3. The minimum Gasteiger partial charge on any atom is -0.497 e. The Morgan fingerprint density at radius 2 is 1.44 bits per heavy atom. The lowest BCUT2D eigenvalue weighted by Crippen LogP contribution is -2.09. The van der Waals surface area contributed by atoms with Crippen LogP contribution in [0, 0.1) is 0 Å². The van der Waals surface area contributed by atoms with E-state index in [1.165, 1.54) is 11.3 Å². The van der Waals surface area contributed by atoms with E-state index in [9.17, 15) is 0 Å². The Bertz CT molecular complexity index is 445. The van der Waals surface area contributed by atoms with Gasteiger partial charge in [-0.1, -0.05) is 28.1 Å². The third kappa shape index (κ3) is 2.85. The Balaban J connectivity index is 2.20. The summed E-state index contributed by atoms with van der Waals surface area (Å²) >= 11 is 3.45. The molecule has 0 aliphatic heterocycles. The van der Waals surface area contributed by atoms with Crippen molar-refractivity contribution in [2.24, 2.45) is 0 Å². The normalized spacial score (nSPS) is 10.2. The van der Waals surface area contributed by atoms with Crippen molar-refractivity contribution in [1.29, 1.82) is 0 Å². The monoisotopic (exact) mass is 305 g/mol. The van der Waals surface area contributed by atoms with Gasteiger partial charge in [0.25, 0.3) is 0 Å². The molecular weight excluding hydrogens is 290 g/mol.